The van der Waals surface area contributed by atoms with E-state index in [1.54, 1.807) is 6.92 Å². The van der Waals surface area contributed by atoms with Gasteiger partial charge in [0.15, 0.2) is 5.69 Å². The minimum absolute atomic E-state index is 0.122. The fourth-order valence-electron chi connectivity index (χ4n) is 0.930. The molecule has 1 heterocycles. The number of aromatic carboxylic acids is 1. The molecule has 0 saturated carbocycles. The molecule has 1 rings (SSSR count). The molecular formula is C8H9F2NO4. The van der Waals surface area contributed by atoms with E-state index >= 15 is 0 Å². The number of alkyl halides is 2. The molecule has 1 aromatic rings. The molecule has 15 heavy (non-hydrogen) atoms. The molecule has 1 aromatic heterocycles. The van der Waals surface area contributed by atoms with Crippen LogP contribution < -0.4 is 0 Å². The van der Waals surface area contributed by atoms with Gasteiger partial charge in [0.2, 0.25) is 11.7 Å². The van der Waals surface area contributed by atoms with Gasteiger partial charge in [-0.1, -0.05) is 0 Å². The lowest BCUT2D eigenvalue weighted by atomic mass is 10.3. The lowest BCUT2D eigenvalue weighted by Crippen LogP contribution is -1.99. The maximum atomic E-state index is 12.3. The van der Waals surface area contributed by atoms with Crippen LogP contribution in [0.3, 0.4) is 0 Å². The van der Waals surface area contributed by atoms with Crippen molar-refractivity contribution in [2.24, 2.45) is 0 Å². The molecule has 0 atom stereocenters. The Morgan fingerprint density at radius 1 is 1.67 bits per heavy atom. The van der Waals surface area contributed by atoms with Crippen LogP contribution in [0.25, 0.3) is 0 Å². The quantitative estimate of drug-likeness (QED) is 0.821. The van der Waals surface area contributed by atoms with Crippen LogP contribution in [0.4, 0.5) is 8.78 Å². The zero-order valence-corrected chi connectivity index (χ0v) is 7.87. The Bertz CT molecular complexity index is 350. The van der Waals surface area contributed by atoms with E-state index in [-0.39, 0.29) is 12.5 Å². The van der Waals surface area contributed by atoms with E-state index < -0.39 is 23.8 Å². The summed E-state index contributed by atoms with van der Waals surface area (Å²) in [4.78, 5) is 13.9. The SMILES string of the molecule is CCOCc1nc(C(F)F)c(C(=O)O)o1. The third kappa shape index (κ3) is 2.72. The number of nitrogens with zero attached hydrogens (tertiary/aromatic N) is 1. The summed E-state index contributed by atoms with van der Waals surface area (Å²) < 4.78 is 34.1. The van der Waals surface area contributed by atoms with E-state index in [0.29, 0.717) is 6.61 Å². The molecule has 0 bridgehead atoms. The van der Waals surface area contributed by atoms with Crippen molar-refractivity contribution in [2.45, 2.75) is 20.0 Å². The van der Waals surface area contributed by atoms with Gasteiger partial charge >= 0.3 is 5.97 Å². The van der Waals surface area contributed by atoms with Crippen LogP contribution in [0.2, 0.25) is 0 Å². The summed E-state index contributed by atoms with van der Waals surface area (Å²) in [5.74, 6) is -2.56. The highest BCUT2D eigenvalue weighted by atomic mass is 19.3. The summed E-state index contributed by atoms with van der Waals surface area (Å²) in [6.07, 6.45) is -2.98. The van der Waals surface area contributed by atoms with Crippen LogP contribution in [0.15, 0.2) is 4.42 Å². The Labute approximate surface area is 83.7 Å². The van der Waals surface area contributed by atoms with Crippen molar-refractivity contribution in [1.82, 2.24) is 4.98 Å². The predicted molar refractivity (Wildman–Crippen MR) is 43.7 cm³/mol. The van der Waals surface area contributed by atoms with Crippen LogP contribution in [0, 0.1) is 0 Å². The zero-order valence-electron chi connectivity index (χ0n) is 7.87. The Kier molecular flexibility index (Phi) is 3.73. The molecule has 0 fully saturated rings. The van der Waals surface area contributed by atoms with Crippen molar-refractivity contribution >= 4 is 5.97 Å². The van der Waals surface area contributed by atoms with Crippen molar-refractivity contribution in [3.8, 4) is 0 Å². The van der Waals surface area contributed by atoms with Crippen LogP contribution in [-0.4, -0.2) is 22.7 Å². The predicted octanol–water partition coefficient (Wildman–Crippen LogP) is 1.85. The number of rotatable bonds is 5. The molecule has 0 unspecified atom stereocenters. The Balaban J connectivity index is 2.93. The van der Waals surface area contributed by atoms with Gasteiger partial charge in [-0.15, -0.1) is 0 Å². The summed E-state index contributed by atoms with van der Waals surface area (Å²) in [6, 6.07) is 0. The van der Waals surface area contributed by atoms with Crippen LogP contribution >= 0.6 is 0 Å². The largest absolute Gasteiger partial charge is 0.475 e. The second-order valence-electron chi connectivity index (χ2n) is 2.56. The van der Waals surface area contributed by atoms with Crippen molar-refractivity contribution in [3.63, 3.8) is 0 Å². The van der Waals surface area contributed by atoms with Crippen LogP contribution in [0.1, 0.15) is 35.5 Å². The van der Waals surface area contributed by atoms with Gasteiger partial charge in [0.25, 0.3) is 6.43 Å². The van der Waals surface area contributed by atoms with Crippen LogP contribution in [0.5, 0.6) is 0 Å². The molecule has 0 aliphatic carbocycles. The van der Waals surface area contributed by atoms with Crippen molar-refractivity contribution in [2.75, 3.05) is 6.61 Å². The normalized spacial score (nSPS) is 10.9. The molecule has 0 saturated heterocycles. The third-order valence-corrected chi connectivity index (χ3v) is 1.53. The standard InChI is InChI=1S/C8H9F2NO4/c1-2-14-3-4-11-5(7(9)10)6(15-4)8(12)13/h7H,2-3H2,1H3,(H,12,13). The monoisotopic (exact) mass is 221 g/mol. The highest BCUT2D eigenvalue weighted by molar-refractivity contribution is 5.85. The topological polar surface area (TPSA) is 72.6 Å². The molecule has 0 aromatic carbocycles. The van der Waals surface area contributed by atoms with Gasteiger partial charge in [-0.05, 0) is 6.92 Å². The van der Waals surface area contributed by atoms with Gasteiger partial charge in [-0.25, -0.2) is 18.6 Å². The van der Waals surface area contributed by atoms with Crippen molar-refractivity contribution in [1.29, 1.82) is 0 Å². The number of hydrogen-bond donors (Lipinski definition) is 1. The maximum absolute atomic E-state index is 12.3. The highest BCUT2D eigenvalue weighted by Gasteiger charge is 2.25. The average molecular weight is 221 g/mol. The molecule has 0 radical (unpaired) electrons. The fourth-order valence-corrected chi connectivity index (χ4v) is 0.930. The molecule has 7 heteroatoms. The van der Waals surface area contributed by atoms with E-state index in [1.165, 1.54) is 0 Å². The number of oxazole rings is 1. The Hall–Kier alpha value is -1.50. The van der Waals surface area contributed by atoms with Gasteiger partial charge < -0.3 is 14.3 Å². The van der Waals surface area contributed by atoms with Gasteiger partial charge in [0, 0.05) is 6.61 Å². The number of carboxylic acid groups (broad SMARTS) is 1. The molecule has 0 spiro atoms. The number of carbonyl (C=O) groups is 1. The van der Waals surface area contributed by atoms with E-state index in [4.69, 9.17) is 9.84 Å². The summed E-state index contributed by atoms with van der Waals surface area (Å²) in [5.41, 5.74) is -0.864. The summed E-state index contributed by atoms with van der Waals surface area (Å²) in [6.45, 7) is 1.94. The molecule has 5 nitrogen and oxygen atoms in total. The first-order chi connectivity index (χ1) is 7.06. The van der Waals surface area contributed by atoms with Crippen LogP contribution in [-0.2, 0) is 11.3 Å². The minimum atomic E-state index is -2.98. The van der Waals surface area contributed by atoms with Gasteiger partial charge in [-0.3, -0.25) is 0 Å². The third-order valence-electron chi connectivity index (χ3n) is 1.53. The molecule has 0 amide bonds. The lowest BCUT2D eigenvalue weighted by Gasteiger charge is -1.93. The molecule has 1 N–H and O–H groups in total. The number of hydrogen-bond acceptors (Lipinski definition) is 4. The first-order valence-electron chi connectivity index (χ1n) is 4.15. The summed E-state index contributed by atoms with van der Waals surface area (Å²) in [7, 11) is 0. The number of aromatic nitrogens is 1. The van der Waals surface area contributed by atoms with E-state index in [9.17, 15) is 13.6 Å². The van der Waals surface area contributed by atoms with E-state index in [1.807, 2.05) is 0 Å². The second-order valence-corrected chi connectivity index (χ2v) is 2.56. The maximum Gasteiger partial charge on any atom is 0.374 e. The summed E-state index contributed by atoms with van der Waals surface area (Å²) in [5, 5.41) is 8.55. The first-order valence-corrected chi connectivity index (χ1v) is 4.15. The smallest absolute Gasteiger partial charge is 0.374 e. The Morgan fingerprint density at radius 2 is 2.33 bits per heavy atom. The highest BCUT2D eigenvalue weighted by Crippen LogP contribution is 2.23. The minimum Gasteiger partial charge on any atom is -0.475 e. The number of ether oxygens (including phenoxy) is 1. The first kappa shape index (κ1) is 11.6. The molecule has 0 aliphatic rings. The molecular weight excluding hydrogens is 212 g/mol. The van der Waals surface area contributed by atoms with Gasteiger partial charge in [0.05, 0.1) is 0 Å². The fraction of sp³-hybridized carbons (Fsp3) is 0.500. The van der Waals surface area contributed by atoms with E-state index in [2.05, 4.69) is 9.40 Å². The zero-order chi connectivity index (χ0) is 11.4. The molecule has 0 aliphatic heterocycles. The number of carboxylic acids is 1. The molecule has 84 valence electrons. The lowest BCUT2D eigenvalue weighted by molar-refractivity contribution is 0.0635. The van der Waals surface area contributed by atoms with Crippen molar-refractivity contribution < 1.29 is 27.8 Å². The summed E-state index contributed by atoms with van der Waals surface area (Å²) >= 11 is 0. The number of halogens is 2. The van der Waals surface area contributed by atoms with Gasteiger partial charge in [0.1, 0.15) is 6.61 Å². The van der Waals surface area contributed by atoms with E-state index in [0.717, 1.165) is 0 Å². The Morgan fingerprint density at radius 3 is 2.73 bits per heavy atom. The van der Waals surface area contributed by atoms with Crippen molar-refractivity contribution in [3.05, 3.63) is 17.3 Å². The van der Waals surface area contributed by atoms with Gasteiger partial charge in [-0.2, -0.15) is 0 Å². The second kappa shape index (κ2) is 4.83. The average Bonchev–Trinajstić information content (AvgIpc) is 2.58.